The average molecular weight is 432 g/mol. The van der Waals surface area contributed by atoms with Crippen LogP contribution in [0, 0.1) is 0 Å². The van der Waals surface area contributed by atoms with E-state index in [2.05, 4.69) is 71.7 Å². The molecule has 1 N–H and O–H groups in total. The molecule has 1 aliphatic rings. The predicted molar refractivity (Wildman–Crippen MR) is 126 cm³/mol. The van der Waals surface area contributed by atoms with E-state index in [1.807, 2.05) is 31.3 Å². The van der Waals surface area contributed by atoms with Gasteiger partial charge in [0, 0.05) is 58.9 Å². The summed E-state index contributed by atoms with van der Waals surface area (Å²) >= 11 is 0. The van der Waals surface area contributed by atoms with E-state index in [1.54, 1.807) is 6.20 Å². The van der Waals surface area contributed by atoms with Gasteiger partial charge in [-0.3, -0.25) is 14.9 Å². The minimum atomic E-state index is 0.447. The van der Waals surface area contributed by atoms with Crippen LogP contribution in [0.2, 0.25) is 0 Å². The van der Waals surface area contributed by atoms with E-state index >= 15 is 0 Å². The molecule has 0 atom stereocenters. The van der Waals surface area contributed by atoms with E-state index < -0.39 is 0 Å². The van der Waals surface area contributed by atoms with Crippen molar-refractivity contribution >= 4 is 12.0 Å². The Kier molecular flexibility index (Phi) is 7.60. The van der Waals surface area contributed by atoms with Crippen LogP contribution >= 0.6 is 0 Å². The van der Waals surface area contributed by atoms with Gasteiger partial charge in [0.25, 0.3) is 5.89 Å². The van der Waals surface area contributed by atoms with E-state index in [0.29, 0.717) is 30.4 Å². The smallest absolute Gasteiger partial charge is 0.276 e. The number of rotatable bonds is 7. The fourth-order valence-electron chi connectivity index (χ4n) is 3.61. The molecule has 2 aromatic heterocycles. The van der Waals surface area contributed by atoms with Crippen LogP contribution in [0.4, 0.5) is 0 Å². The molecule has 0 unspecified atom stereocenters. The average Bonchev–Trinajstić information content (AvgIpc) is 3.33. The number of piperazine rings is 1. The van der Waals surface area contributed by atoms with Crippen molar-refractivity contribution in [1.82, 2.24) is 30.2 Å². The van der Waals surface area contributed by atoms with Crippen molar-refractivity contribution in [2.45, 2.75) is 6.42 Å². The molecule has 3 heterocycles. The first-order valence-corrected chi connectivity index (χ1v) is 11.0. The molecule has 1 saturated heterocycles. The lowest BCUT2D eigenvalue weighted by Crippen LogP contribution is -2.52. The summed E-state index contributed by atoms with van der Waals surface area (Å²) in [4.78, 5) is 17.9. The standard InChI is InChI=1S/C24H29N7O/c1-25-24(27-14-12-22-28-23(32-29-22)21-11-5-6-13-26-21)31-18-16-30(17-19-31)15-7-10-20-8-3-2-4-9-20/h2-11,13H,12,14-19H2,1H3,(H,25,27)/b10-7+. The molecule has 1 aromatic carbocycles. The summed E-state index contributed by atoms with van der Waals surface area (Å²) in [5.41, 5.74) is 1.93. The fraction of sp³-hybridized carbons (Fsp3) is 0.333. The van der Waals surface area contributed by atoms with Gasteiger partial charge in [0.15, 0.2) is 11.8 Å². The second-order valence-corrected chi connectivity index (χ2v) is 7.56. The monoisotopic (exact) mass is 431 g/mol. The SMILES string of the molecule is CN=C(NCCc1noc(-c2ccccn2)n1)N1CCN(C/C=C/c2ccccc2)CC1. The van der Waals surface area contributed by atoms with Crippen LogP contribution in [0.25, 0.3) is 17.7 Å². The highest BCUT2D eigenvalue weighted by atomic mass is 16.5. The van der Waals surface area contributed by atoms with Crippen molar-refractivity contribution in [2.75, 3.05) is 46.3 Å². The lowest BCUT2D eigenvalue weighted by atomic mass is 10.2. The summed E-state index contributed by atoms with van der Waals surface area (Å²) in [5, 5.41) is 7.48. The van der Waals surface area contributed by atoms with Crippen LogP contribution in [0.15, 0.2) is 70.3 Å². The van der Waals surface area contributed by atoms with Gasteiger partial charge in [-0.25, -0.2) is 0 Å². The maximum absolute atomic E-state index is 5.32. The number of hydrogen-bond acceptors (Lipinski definition) is 6. The zero-order chi connectivity index (χ0) is 22.0. The Morgan fingerprint density at radius 2 is 1.91 bits per heavy atom. The quantitative estimate of drug-likeness (QED) is 0.455. The molecular formula is C24H29N7O. The Balaban J connectivity index is 1.19. The molecule has 3 aromatic rings. The van der Waals surface area contributed by atoms with E-state index in [0.717, 1.165) is 38.7 Å². The molecule has 8 heteroatoms. The Hall–Kier alpha value is -3.52. The third kappa shape index (κ3) is 6.01. The number of benzene rings is 1. The van der Waals surface area contributed by atoms with Gasteiger partial charge in [0.05, 0.1) is 0 Å². The predicted octanol–water partition coefficient (Wildman–Crippen LogP) is 2.58. The van der Waals surface area contributed by atoms with E-state index in [-0.39, 0.29) is 0 Å². The second kappa shape index (κ2) is 11.2. The summed E-state index contributed by atoms with van der Waals surface area (Å²) in [7, 11) is 1.82. The van der Waals surface area contributed by atoms with Gasteiger partial charge < -0.3 is 14.7 Å². The molecule has 1 fully saturated rings. The van der Waals surface area contributed by atoms with Crippen molar-refractivity contribution in [1.29, 1.82) is 0 Å². The first-order valence-electron chi connectivity index (χ1n) is 11.0. The molecule has 32 heavy (non-hydrogen) atoms. The Morgan fingerprint density at radius 1 is 1.09 bits per heavy atom. The van der Waals surface area contributed by atoms with Crippen LogP contribution in [-0.2, 0) is 6.42 Å². The van der Waals surface area contributed by atoms with Crippen molar-refractivity contribution < 1.29 is 4.52 Å². The molecule has 0 bridgehead atoms. The number of nitrogens with one attached hydrogen (secondary N) is 1. The lowest BCUT2D eigenvalue weighted by Gasteiger charge is -2.36. The van der Waals surface area contributed by atoms with Gasteiger partial charge in [0.2, 0.25) is 0 Å². The number of hydrogen-bond donors (Lipinski definition) is 1. The zero-order valence-corrected chi connectivity index (χ0v) is 18.4. The summed E-state index contributed by atoms with van der Waals surface area (Å²) in [5.74, 6) is 2.02. The van der Waals surface area contributed by atoms with Gasteiger partial charge >= 0.3 is 0 Å². The van der Waals surface area contributed by atoms with Gasteiger partial charge in [-0.05, 0) is 17.7 Å². The molecule has 166 valence electrons. The van der Waals surface area contributed by atoms with Crippen molar-refractivity contribution in [3.63, 3.8) is 0 Å². The molecular weight excluding hydrogens is 402 g/mol. The Bertz CT molecular complexity index is 1010. The first kappa shape index (κ1) is 21.7. The maximum atomic E-state index is 5.32. The molecule has 1 aliphatic heterocycles. The number of aliphatic imine (C=N–C) groups is 1. The van der Waals surface area contributed by atoms with E-state index in [1.165, 1.54) is 5.56 Å². The normalized spacial score (nSPS) is 15.4. The van der Waals surface area contributed by atoms with Gasteiger partial charge in [-0.2, -0.15) is 4.98 Å². The van der Waals surface area contributed by atoms with Crippen molar-refractivity contribution in [3.8, 4) is 11.6 Å². The third-order valence-corrected chi connectivity index (χ3v) is 5.34. The summed E-state index contributed by atoms with van der Waals surface area (Å²) in [6.45, 7) is 5.57. The fourth-order valence-corrected chi connectivity index (χ4v) is 3.61. The van der Waals surface area contributed by atoms with Gasteiger partial charge in [0.1, 0.15) is 5.69 Å². The van der Waals surface area contributed by atoms with Crippen LogP contribution in [0.5, 0.6) is 0 Å². The molecule has 0 spiro atoms. The molecule has 8 nitrogen and oxygen atoms in total. The minimum Gasteiger partial charge on any atom is -0.356 e. The highest BCUT2D eigenvalue weighted by molar-refractivity contribution is 5.80. The Labute approximate surface area is 188 Å². The lowest BCUT2D eigenvalue weighted by molar-refractivity contribution is 0.194. The molecule has 0 radical (unpaired) electrons. The summed E-state index contributed by atoms with van der Waals surface area (Å²) in [6, 6.07) is 16.0. The van der Waals surface area contributed by atoms with Gasteiger partial charge in [-0.15, -0.1) is 0 Å². The van der Waals surface area contributed by atoms with Crippen LogP contribution in [0.1, 0.15) is 11.4 Å². The number of guanidine groups is 1. The Morgan fingerprint density at radius 3 is 2.66 bits per heavy atom. The summed E-state index contributed by atoms with van der Waals surface area (Å²) < 4.78 is 5.32. The largest absolute Gasteiger partial charge is 0.356 e. The van der Waals surface area contributed by atoms with E-state index in [9.17, 15) is 0 Å². The number of aromatic nitrogens is 3. The van der Waals surface area contributed by atoms with Crippen LogP contribution in [-0.4, -0.2) is 77.2 Å². The number of pyridine rings is 1. The highest BCUT2D eigenvalue weighted by Crippen LogP contribution is 2.13. The topological polar surface area (TPSA) is 82.7 Å². The van der Waals surface area contributed by atoms with Crippen LogP contribution < -0.4 is 5.32 Å². The molecule has 0 amide bonds. The highest BCUT2D eigenvalue weighted by Gasteiger charge is 2.19. The van der Waals surface area contributed by atoms with E-state index in [4.69, 9.17) is 4.52 Å². The zero-order valence-electron chi connectivity index (χ0n) is 18.4. The third-order valence-electron chi connectivity index (χ3n) is 5.34. The first-order chi connectivity index (χ1) is 15.8. The molecule has 0 aliphatic carbocycles. The molecule has 0 saturated carbocycles. The second-order valence-electron chi connectivity index (χ2n) is 7.56. The maximum Gasteiger partial charge on any atom is 0.276 e. The molecule has 4 rings (SSSR count). The number of nitrogens with zero attached hydrogens (tertiary/aromatic N) is 6. The van der Waals surface area contributed by atoms with Crippen LogP contribution in [0.3, 0.4) is 0 Å². The van der Waals surface area contributed by atoms with Crippen molar-refractivity contribution in [2.24, 2.45) is 4.99 Å². The minimum absolute atomic E-state index is 0.447. The summed E-state index contributed by atoms with van der Waals surface area (Å²) in [6.07, 6.45) is 6.79. The van der Waals surface area contributed by atoms with Gasteiger partial charge in [-0.1, -0.05) is 53.7 Å². The van der Waals surface area contributed by atoms with Crippen molar-refractivity contribution in [3.05, 3.63) is 72.2 Å².